The van der Waals surface area contributed by atoms with Gasteiger partial charge in [0.2, 0.25) is 0 Å². The third-order valence-corrected chi connectivity index (χ3v) is 10.1. The molecule has 0 unspecified atom stereocenters. The highest BCUT2D eigenvalue weighted by Gasteiger charge is 2.19. The molecule has 0 atom stereocenters. The topological polar surface area (TPSA) is 65.0 Å². The molecule has 8 aromatic carbocycles. The van der Waals surface area contributed by atoms with E-state index in [-0.39, 0.29) is 0 Å². The fraction of sp³-hybridized carbons (Fsp3) is 0. The number of furan rings is 2. The summed E-state index contributed by atoms with van der Waals surface area (Å²) in [6, 6.07) is 56.5. The number of para-hydroxylation sites is 1. The number of nitrogens with zero attached hydrogens (tertiary/aromatic N) is 3. The summed E-state index contributed by atoms with van der Waals surface area (Å²) in [5.74, 6) is 1.74. The Kier molecular flexibility index (Phi) is 6.18. The standard InChI is InChI=1S/C47H27N3O2/c1-2-10-30(11-3-1)45-48-46(33-21-23-36-35-13-6-7-15-40(35)52-43(36)27-33)50-47(49-45)37-14-8-16-42-44(37)39-26-32(22-24-41(39)51-42)31-20-19-29-18-17-28-9-4-5-12-34(28)38(29)25-31/h1-27H. The van der Waals surface area contributed by atoms with Gasteiger partial charge >= 0.3 is 0 Å². The Bertz CT molecular complexity index is 3190. The Balaban J connectivity index is 1.11. The molecular weight excluding hydrogens is 639 g/mol. The number of aromatic nitrogens is 3. The average molecular weight is 666 g/mol. The van der Waals surface area contributed by atoms with Gasteiger partial charge in [0.15, 0.2) is 17.5 Å². The van der Waals surface area contributed by atoms with Crippen LogP contribution in [0.5, 0.6) is 0 Å². The molecule has 0 saturated carbocycles. The zero-order chi connectivity index (χ0) is 34.2. The highest BCUT2D eigenvalue weighted by atomic mass is 16.3. The molecule has 242 valence electrons. The van der Waals surface area contributed by atoms with Gasteiger partial charge in [-0.3, -0.25) is 0 Å². The van der Waals surface area contributed by atoms with Gasteiger partial charge in [-0.25, -0.2) is 15.0 Å². The average Bonchev–Trinajstić information content (AvgIpc) is 3.78. The summed E-state index contributed by atoms with van der Waals surface area (Å²) in [6.07, 6.45) is 0. The van der Waals surface area contributed by atoms with Crippen LogP contribution in [0.2, 0.25) is 0 Å². The lowest BCUT2D eigenvalue weighted by Gasteiger charge is -2.10. The van der Waals surface area contributed by atoms with Gasteiger partial charge < -0.3 is 8.83 Å². The molecule has 5 nitrogen and oxygen atoms in total. The quantitative estimate of drug-likeness (QED) is 0.175. The summed E-state index contributed by atoms with van der Waals surface area (Å²) in [5.41, 5.74) is 8.13. The minimum Gasteiger partial charge on any atom is -0.456 e. The van der Waals surface area contributed by atoms with E-state index in [1.54, 1.807) is 0 Å². The van der Waals surface area contributed by atoms with Crippen molar-refractivity contribution in [3.63, 3.8) is 0 Å². The maximum atomic E-state index is 6.46. The second kappa shape index (κ2) is 11.2. The summed E-state index contributed by atoms with van der Waals surface area (Å²) < 4.78 is 12.7. The summed E-state index contributed by atoms with van der Waals surface area (Å²) in [6.45, 7) is 0. The van der Waals surface area contributed by atoms with Crippen molar-refractivity contribution >= 4 is 65.4 Å². The minimum atomic E-state index is 0.570. The van der Waals surface area contributed by atoms with Crippen molar-refractivity contribution in [2.75, 3.05) is 0 Å². The van der Waals surface area contributed by atoms with Crippen molar-refractivity contribution < 1.29 is 8.83 Å². The monoisotopic (exact) mass is 665 g/mol. The van der Waals surface area contributed by atoms with E-state index in [4.69, 9.17) is 23.8 Å². The molecule has 3 heterocycles. The SMILES string of the molecule is c1ccc(-c2nc(-c3ccc4c(c3)oc3ccccc34)nc(-c3cccc4oc5ccc(-c6ccc7ccc8ccccc8c7c6)cc5c34)n2)cc1. The maximum absolute atomic E-state index is 6.46. The van der Waals surface area contributed by atoms with Crippen molar-refractivity contribution in [1.82, 2.24) is 15.0 Å². The van der Waals surface area contributed by atoms with Crippen molar-refractivity contribution in [1.29, 1.82) is 0 Å². The summed E-state index contributed by atoms with van der Waals surface area (Å²) in [7, 11) is 0. The van der Waals surface area contributed by atoms with E-state index in [1.807, 2.05) is 66.7 Å². The largest absolute Gasteiger partial charge is 0.456 e. The number of rotatable bonds is 4. The van der Waals surface area contributed by atoms with E-state index in [2.05, 4.69) is 97.1 Å². The van der Waals surface area contributed by atoms with Gasteiger partial charge in [-0.1, -0.05) is 121 Å². The molecule has 0 aliphatic rings. The lowest BCUT2D eigenvalue weighted by molar-refractivity contribution is 0.668. The van der Waals surface area contributed by atoms with Gasteiger partial charge in [0.1, 0.15) is 22.3 Å². The van der Waals surface area contributed by atoms with E-state index in [0.29, 0.717) is 17.5 Å². The first kappa shape index (κ1) is 28.7. The third kappa shape index (κ3) is 4.53. The van der Waals surface area contributed by atoms with E-state index < -0.39 is 0 Å². The van der Waals surface area contributed by atoms with Gasteiger partial charge in [-0.2, -0.15) is 0 Å². The first-order chi connectivity index (χ1) is 25.7. The number of hydrogen-bond acceptors (Lipinski definition) is 5. The molecule has 3 aromatic heterocycles. The van der Waals surface area contributed by atoms with Crippen molar-refractivity contribution in [2.45, 2.75) is 0 Å². The normalized spacial score (nSPS) is 11.8. The zero-order valence-corrected chi connectivity index (χ0v) is 27.7. The Morgan fingerprint density at radius 2 is 0.904 bits per heavy atom. The molecule has 52 heavy (non-hydrogen) atoms. The first-order valence-electron chi connectivity index (χ1n) is 17.3. The molecule has 0 radical (unpaired) electrons. The van der Waals surface area contributed by atoms with Crippen LogP contribution in [-0.4, -0.2) is 15.0 Å². The number of fused-ring (bicyclic) bond motifs is 9. The van der Waals surface area contributed by atoms with E-state index in [0.717, 1.165) is 71.7 Å². The number of benzene rings is 8. The zero-order valence-electron chi connectivity index (χ0n) is 27.7. The Labute approximate surface area is 297 Å². The molecule has 11 rings (SSSR count). The van der Waals surface area contributed by atoms with Gasteiger partial charge in [0, 0.05) is 38.2 Å². The summed E-state index contributed by atoms with van der Waals surface area (Å²) >= 11 is 0. The first-order valence-corrected chi connectivity index (χ1v) is 17.3. The van der Waals surface area contributed by atoms with Crippen LogP contribution in [0, 0.1) is 0 Å². The van der Waals surface area contributed by atoms with Gasteiger partial charge in [0.25, 0.3) is 0 Å². The fourth-order valence-electron chi connectivity index (χ4n) is 7.58. The Morgan fingerprint density at radius 3 is 1.79 bits per heavy atom. The van der Waals surface area contributed by atoms with Crippen LogP contribution in [0.3, 0.4) is 0 Å². The minimum absolute atomic E-state index is 0.570. The van der Waals surface area contributed by atoms with Crippen molar-refractivity contribution in [3.8, 4) is 45.3 Å². The molecule has 5 heteroatoms. The Hall–Kier alpha value is -7.11. The summed E-state index contributed by atoms with van der Waals surface area (Å²) in [5, 5.41) is 9.06. The van der Waals surface area contributed by atoms with Crippen LogP contribution >= 0.6 is 0 Å². The van der Waals surface area contributed by atoms with Crippen LogP contribution in [0.4, 0.5) is 0 Å². The lowest BCUT2D eigenvalue weighted by Crippen LogP contribution is -2.00. The molecular formula is C47H27N3O2. The molecule has 0 bridgehead atoms. The second-order valence-electron chi connectivity index (χ2n) is 13.2. The lowest BCUT2D eigenvalue weighted by atomic mass is 9.96. The van der Waals surface area contributed by atoms with E-state index >= 15 is 0 Å². The highest BCUT2D eigenvalue weighted by Crippen LogP contribution is 2.40. The van der Waals surface area contributed by atoms with Crippen LogP contribution in [0.15, 0.2) is 173 Å². The molecule has 0 fully saturated rings. The molecule has 0 amide bonds. The molecule has 0 N–H and O–H groups in total. The van der Waals surface area contributed by atoms with Crippen LogP contribution < -0.4 is 0 Å². The van der Waals surface area contributed by atoms with Crippen molar-refractivity contribution in [3.05, 3.63) is 164 Å². The molecule has 0 spiro atoms. The highest BCUT2D eigenvalue weighted by molar-refractivity contribution is 6.14. The van der Waals surface area contributed by atoms with Gasteiger partial charge in [0.05, 0.1) is 0 Å². The number of hydrogen-bond donors (Lipinski definition) is 0. The van der Waals surface area contributed by atoms with Crippen LogP contribution in [-0.2, 0) is 0 Å². The van der Waals surface area contributed by atoms with Gasteiger partial charge in [-0.05, 0) is 75.1 Å². The van der Waals surface area contributed by atoms with E-state index in [1.165, 1.54) is 21.5 Å². The fourth-order valence-corrected chi connectivity index (χ4v) is 7.58. The summed E-state index contributed by atoms with van der Waals surface area (Å²) in [4.78, 5) is 15.2. The molecule has 0 aliphatic carbocycles. The predicted octanol–water partition coefficient (Wildman–Crippen LogP) is 12.6. The predicted molar refractivity (Wildman–Crippen MR) is 211 cm³/mol. The molecule has 0 saturated heterocycles. The molecule has 0 aliphatic heterocycles. The van der Waals surface area contributed by atoms with Crippen LogP contribution in [0.25, 0.3) is 111 Å². The van der Waals surface area contributed by atoms with E-state index in [9.17, 15) is 0 Å². The van der Waals surface area contributed by atoms with Crippen molar-refractivity contribution in [2.24, 2.45) is 0 Å². The Morgan fingerprint density at radius 1 is 0.308 bits per heavy atom. The van der Waals surface area contributed by atoms with Gasteiger partial charge in [-0.15, -0.1) is 0 Å². The third-order valence-electron chi connectivity index (χ3n) is 10.1. The molecule has 11 aromatic rings. The maximum Gasteiger partial charge on any atom is 0.164 e. The van der Waals surface area contributed by atoms with Crippen LogP contribution in [0.1, 0.15) is 0 Å². The smallest absolute Gasteiger partial charge is 0.164 e. The second-order valence-corrected chi connectivity index (χ2v) is 13.2.